The van der Waals surface area contributed by atoms with Crippen LogP contribution in [-0.2, 0) is 9.63 Å². The summed E-state index contributed by atoms with van der Waals surface area (Å²) in [5.41, 5.74) is 0. The second-order valence-electron chi connectivity index (χ2n) is 1.20. The van der Waals surface area contributed by atoms with Crippen molar-refractivity contribution in [3.05, 3.63) is 0 Å². The van der Waals surface area contributed by atoms with Crippen LogP contribution in [0.2, 0.25) is 0 Å². The molecular formula is C5H6N3O2. The van der Waals surface area contributed by atoms with Gasteiger partial charge >= 0.3 is 6.41 Å². The predicted octanol–water partition coefficient (Wildman–Crippen LogP) is -0.483. The fourth-order valence-electron chi connectivity index (χ4n) is 0.249. The minimum absolute atomic E-state index is 0.197. The lowest BCUT2D eigenvalue weighted by Gasteiger charge is -1.91. The van der Waals surface area contributed by atoms with Gasteiger partial charge in [-0.25, -0.2) is 0 Å². The van der Waals surface area contributed by atoms with Crippen LogP contribution < -0.4 is 5.32 Å². The molecule has 0 aromatic carbocycles. The summed E-state index contributed by atoms with van der Waals surface area (Å²) >= 11 is 0. The zero-order chi connectivity index (χ0) is 7.82. The lowest BCUT2D eigenvalue weighted by molar-refractivity contribution is 0.158. The first-order valence-electron chi connectivity index (χ1n) is 2.58. The fraction of sp³-hybridized carbons (Fsp3) is 0.400. The van der Waals surface area contributed by atoms with Gasteiger partial charge in [-0.1, -0.05) is 5.16 Å². The minimum atomic E-state index is -0.197. The molecule has 0 aromatic heterocycles. The molecule has 5 nitrogen and oxygen atoms in total. The maximum atomic E-state index is 9.61. The van der Waals surface area contributed by atoms with Crippen molar-refractivity contribution in [1.29, 1.82) is 5.26 Å². The Balaban J connectivity index is 3.81. The molecule has 0 saturated carbocycles. The van der Waals surface area contributed by atoms with Crippen molar-refractivity contribution in [2.24, 2.45) is 5.16 Å². The normalized spacial score (nSPS) is 9.80. The summed E-state index contributed by atoms with van der Waals surface area (Å²) in [6, 6.07) is 1.59. The molecular weight excluding hydrogens is 134 g/mol. The Kier molecular flexibility index (Phi) is 4.69. The molecule has 1 radical (unpaired) electrons. The van der Waals surface area contributed by atoms with E-state index in [1.54, 1.807) is 13.0 Å². The Morgan fingerprint density at radius 2 is 2.60 bits per heavy atom. The van der Waals surface area contributed by atoms with Gasteiger partial charge in [0.1, 0.15) is 12.7 Å². The number of nitrogens with one attached hydrogen (secondary N) is 1. The zero-order valence-corrected chi connectivity index (χ0v) is 5.42. The molecule has 0 aliphatic carbocycles. The quantitative estimate of drug-likeness (QED) is 0.249. The van der Waals surface area contributed by atoms with Crippen molar-refractivity contribution in [2.45, 2.75) is 6.92 Å². The molecule has 10 heavy (non-hydrogen) atoms. The Bertz CT molecular complexity index is 170. The van der Waals surface area contributed by atoms with Crippen molar-refractivity contribution in [2.75, 3.05) is 6.61 Å². The summed E-state index contributed by atoms with van der Waals surface area (Å²) in [4.78, 5) is 14.1. The van der Waals surface area contributed by atoms with Gasteiger partial charge in [-0.3, -0.25) is 10.1 Å². The van der Waals surface area contributed by atoms with E-state index >= 15 is 0 Å². The molecule has 0 rings (SSSR count). The number of rotatable bonds is 3. The van der Waals surface area contributed by atoms with Gasteiger partial charge in [0.15, 0.2) is 0 Å². The zero-order valence-electron chi connectivity index (χ0n) is 5.42. The molecule has 53 valence electrons. The van der Waals surface area contributed by atoms with E-state index in [1.807, 2.05) is 5.32 Å². The standard InChI is InChI=1S/C5H6N3O2/c1-2-10-8-5(3-6)7-4-9/h2H2,1H3,(H,7,8,9). The van der Waals surface area contributed by atoms with Crippen molar-refractivity contribution in [1.82, 2.24) is 5.32 Å². The lowest BCUT2D eigenvalue weighted by Crippen LogP contribution is -2.19. The third-order valence-electron chi connectivity index (χ3n) is 0.560. The molecule has 5 heteroatoms. The van der Waals surface area contributed by atoms with Crippen LogP contribution in [-0.4, -0.2) is 18.9 Å². The maximum Gasteiger partial charge on any atom is 0.315 e. The summed E-state index contributed by atoms with van der Waals surface area (Å²) in [5, 5.41) is 13.3. The monoisotopic (exact) mass is 140 g/mol. The van der Waals surface area contributed by atoms with E-state index in [1.165, 1.54) is 6.41 Å². The number of amidine groups is 1. The molecule has 1 N–H and O–H groups in total. The Hall–Kier alpha value is -1.57. The third-order valence-corrected chi connectivity index (χ3v) is 0.560. The number of hydrogen-bond donors (Lipinski definition) is 1. The average Bonchev–Trinajstić information content (AvgIpc) is 1.98. The van der Waals surface area contributed by atoms with Gasteiger partial charge in [0.2, 0.25) is 0 Å². The van der Waals surface area contributed by atoms with Crippen molar-refractivity contribution in [3.8, 4) is 6.07 Å². The summed E-state index contributed by atoms with van der Waals surface area (Å²) in [6.07, 6.45) is 1.29. The smallest absolute Gasteiger partial charge is 0.315 e. The van der Waals surface area contributed by atoms with Crippen molar-refractivity contribution < 1.29 is 9.63 Å². The van der Waals surface area contributed by atoms with E-state index in [4.69, 9.17) is 5.26 Å². The first kappa shape index (κ1) is 8.43. The highest BCUT2D eigenvalue weighted by atomic mass is 16.6. The van der Waals surface area contributed by atoms with Crippen LogP contribution in [0.3, 0.4) is 0 Å². The van der Waals surface area contributed by atoms with E-state index in [2.05, 4.69) is 9.99 Å². The highest BCUT2D eigenvalue weighted by molar-refractivity contribution is 6.01. The van der Waals surface area contributed by atoms with E-state index in [0.29, 0.717) is 6.61 Å². The highest BCUT2D eigenvalue weighted by Crippen LogP contribution is 1.74. The van der Waals surface area contributed by atoms with Gasteiger partial charge < -0.3 is 4.84 Å². The molecule has 1 amide bonds. The average molecular weight is 140 g/mol. The summed E-state index contributed by atoms with van der Waals surface area (Å²) in [5.74, 6) is -0.197. The number of amides is 1. The Morgan fingerprint density at radius 3 is 3.00 bits per heavy atom. The fourth-order valence-corrected chi connectivity index (χ4v) is 0.249. The van der Waals surface area contributed by atoms with Gasteiger partial charge in [0, 0.05) is 0 Å². The molecule has 0 spiro atoms. The topological polar surface area (TPSA) is 74.5 Å². The molecule has 0 fully saturated rings. The predicted molar refractivity (Wildman–Crippen MR) is 33.5 cm³/mol. The first-order valence-corrected chi connectivity index (χ1v) is 2.58. The minimum Gasteiger partial charge on any atom is -0.394 e. The molecule has 0 saturated heterocycles. The van der Waals surface area contributed by atoms with E-state index in [0.717, 1.165) is 0 Å². The van der Waals surface area contributed by atoms with Crippen LogP contribution in [0.15, 0.2) is 5.16 Å². The van der Waals surface area contributed by atoms with Crippen molar-refractivity contribution >= 4 is 12.2 Å². The molecule has 0 bridgehead atoms. The summed E-state index contributed by atoms with van der Waals surface area (Å²) in [7, 11) is 0. The number of carbonyl (C=O) groups excluding carboxylic acids is 1. The number of nitrogens with zero attached hydrogens (tertiary/aromatic N) is 2. The number of oxime groups is 1. The number of nitriles is 1. The molecule has 0 aromatic rings. The van der Waals surface area contributed by atoms with Gasteiger partial charge in [0.05, 0.1) is 0 Å². The number of hydrogen-bond acceptors (Lipinski definition) is 4. The van der Waals surface area contributed by atoms with Gasteiger partial charge in [0.25, 0.3) is 5.84 Å². The van der Waals surface area contributed by atoms with Gasteiger partial charge in [-0.15, -0.1) is 0 Å². The lowest BCUT2D eigenvalue weighted by atomic mass is 10.7. The van der Waals surface area contributed by atoms with Crippen LogP contribution in [0, 0.1) is 11.3 Å². The Morgan fingerprint density at radius 1 is 1.90 bits per heavy atom. The van der Waals surface area contributed by atoms with Crippen molar-refractivity contribution in [3.63, 3.8) is 0 Å². The summed E-state index contributed by atoms with van der Waals surface area (Å²) < 4.78 is 0. The van der Waals surface area contributed by atoms with Crippen LogP contribution in [0.5, 0.6) is 0 Å². The van der Waals surface area contributed by atoms with E-state index < -0.39 is 0 Å². The second kappa shape index (κ2) is 5.56. The highest BCUT2D eigenvalue weighted by Gasteiger charge is 1.92. The first-order chi connectivity index (χ1) is 4.85. The van der Waals surface area contributed by atoms with Crippen LogP contribution in [0.4, 0.5) is 0 Å². The second-order valence-corrected chi connectivity index (χ2v) is 1.20. The molecule has 0 unspecified atom stereocenters. The molecule has 0 aliphatic rings. The van der Waals surface area contributed by atoms with Crippen LogP contribution in [0.1, 0.15) is 6.92 Å². The molecule has 0 heterocycles. The SMILES string of the molecule is CCO/N=C(/C#N)N[C]=O. The third kappa shape index (κ3) is 3.43. The molecule has 0 aliphatic heterocycles. The Labute approximate surface area is 58.3 Å². The van der Waals surface area contributed by atoms with Gasteiger partial charge in [-0.2, -0.15) is 5.26 Å². The largest absolute Gasteiger partial charge is 0.394 e. The molecule has 0 atom stereocenters. The summed E-state index contributed by atoms with van der Waals surface area (Å²) in [6.45, 7) is 2.06. The van der Waals surface area contributed by atoms with Gasteiger partial charge in [-0.05, 0) is 6.92 Å². The van der Waals surface area contributed by atoms with E-state index in [9.17, 15) is 4.79 Å². The maximum absolute atomic E-state index is 9.61. The van der Waals surface area contributed by atoms with Crippen LogP contribution in [0.25, 0.3) is 0 Å². The van der Waals surface area contributed by atoms with E-state index in [-0.39, 0.29) is 5.84 Å². The van der Waals surface area contributed by atoms with Crippen LogP contribution >= 0.6 is 0 Å².